The molecule has 3 nitrogen and oxygen atoms in total. The van der Waals surface area contributed by atoms with Crippen LogP contribution in [0.1, 0.15) is 32.7 Å². The molecule has 4 aromatic heterocycles. The molecule has 0 unspecified atom stereocenters. The van der Waals surface area contributed by atoms with Gasteiger partial charge in [-0.15, -0.1) is 64.9 Å². The summed E-state index contributed by atoms with van der Waals surface area (Å²) in [5.41, 5.74) is 11.9. The molecule has 0 aliphatic heterocycles. The van der Waals surface area contributed by atoms with Gasteiger partial charge in [-0.05, 0) is 69.3 Å². The maximum atomic E-state index is 6.37. The van der Waals surface area contributed by atoms with Gasteiger partial charge in [0.1, 0.15) is 5.58 Å². The number of hydrogen-bond acceptors (Lipinski definition) is 4. The van der Waals surface area contributed by atoms with Crippen LogP contribution in [0.2, 0.25) is 0 Å². The Morgan fingerprint density at radius 1 is 0.659 bits per heavy atom. The van der Waals surface area contributed by atoms with E-state index in [4.69, 9.17) is 4.42 Å². The molecule has 0 aliphatic carbocycles. The number of rotatable bonds is 2. The molecular weight excluding hydrogens is 701 g/mol. The van der Waals surface area contributed by atoms with Gasteiger partial charge in [-0.25, -0.2) is 0 Å². The molecule has 0 fully saturated rings. The summed E-state index contributed by atoms with van der Waals surface area (Å²) in [5, 5.41) is 3.46. The minimum atomic E-state index is 0. The smallest absolute Gasteiger partial charge is 0.129 e. The normalized spacial score (nSPS) is 11.0. The minimum absolute atomic E-state index is 0. The fraction of sp³-hybridized carbons (Fsp3) is 0.167. The topological polar surface area (TPSA) is 38.9 Å². The molecule has 1 radical (unpaired) electrons. The predicted octanol–water partition coefficient (Wildman–Crippen LogP) is 10.1. The van der Waals surface area contributed by atoms with E-state index < -0.39 is 0 Å². The van der Waals surface area contributed by atoms with Crippen LogP contribution in [0.3, 0.4) is 0 Å². The number of nitrogens with zero attached hydrogens (tertiary/aromatic N) is 2. The second-order valence-electron chi connectivity index (χ2n) is 10.5. The Kier molecular flexibility index (Phi) is 8.24. The van der Waals surface area contributed by atoms with E-state index in [0.29, 0.717) is 0 Å². The molecule has 0 amide bonds. The van der Waals surface area contributed by atoms with Crippen molar-refractivity contribution in [2.45, 2.75) is 41.5 Å². The van der Waals surface area contributed by atoms with Gasteiger partial charge in [0.15, 0.2) is 0 Å². The summed E-state index contributed by atoms with van der Waals surface area (Å²) >= 11 is 1.80. The van der Waals surface area contributed by atoms with Gasteiger partial charge in [0.2, 0.25) is 0 Å². The molecule has 0 saturated carbocycles. The van der Waals surface area contributed by atoms with Crippen molar-refractivity contribution in [3.8, 4) is 22.5 Å². The van der Waals surface area contributed by atoms with E-state index in [2.05, 4.69) is 112 Å². The van der Waals surface area contributed by atoms with Crippen molar-refractivity contribution >= 4 is 43.4 Å². The third-order valence-corrected chi connectivity index (χ3v) is 8.48. The molecular formula is C36H30IrN2OS-2. The van der Waals surface area contributed by atoms with E-state index >= 15 is 0 Å². The third kappa shape index (κ3) is 5.63. The Labute approximate surface area is 258 Å². The summed E-state index contributed by atoms with van der Waals surface area (Å²) in [5.74, 6) is 0. The molecule has 41 heavy (non-hydrogen) atoms. The number of fused-ring (bicyclic) bond motifs is 5. The number of hydrogen-bond donors (Lipinski definition) is 0. The Hall–Kier alpha value is -3.63. The number of thiophene rings is 1. The molecule has 0 spiro atoms. The molecule has 0 bridgehead atoms. The number of benzene rings is 3. The Bertz CT molecular complexity index is 2020. The van der Waals surface area contributed by atoms with Crippen molar-refractivity contribution in [3.63, 3.8) is 0 Å². The SMILES string of the molecule is Cc1c[c-]c(-c2cc(C)c(C)cn2)cc1.Cc1cc2c(ccc3c4cc[c-]c(-c5cc(C)c(C)cn5)c4oc23)s1.[Ir]. The Morgan fingerprint density at radius 2 is 1.34 bits per heavy atom. The average Bonchev–Trinajstić information content (AvgIpc) is 3.52. The summed E-state index contributed by atoms with van der Waals surface area (Å²) in [7, 11) is 0. The predicted molar refractivity (Wildman–Crippen MR) is 168 cm³/mol. The van der Waals surface area contributed by atoms with E-state index in [1.165, 1.54) is 42.8 Å². The maximum absolute atomic E-state index is 6.37. The van der Waals surface area contributed by atoms with Crippen LogP contribution in [-0.4, -0.2) is 9.97 Å². The molecule has 0 N–H and O–H groups in total. The van der Waals surface area contributed by atoms with Gasteiger partial charge in [-0.3, -0.25) is 0 Å². The van der Waals surface area contributed by atoms with Gasteiger partial charge in [-0.2, -0.15) is 0 Å². The zero-order chi connectivity index (χ0) is 28.0. The number of aryl methyl sites for hydroxylation is 6. The molecule has 4 heterocycles. The number of furan rings is 1. The molecule has 5 heteroatoms. The van der Waals surface area contributed by atoms with Gasteiger partial charge in [0.05, 0.1) is 5.58 Å². The first-order chi connectivity index (χ1) is 19.3. The first-order valence-electron chi connectivity index (χ1n) is 13.4. The van der Waals surface area contributed by atoms with E-state index in [1.807, 2.05) is 24.5 Å². The van der Waals surface area contributed by atoms with Gasteiger partial charge in [-0.1, -0.05) is 47.2 Å². The monoisotopic (exact) mass is 731 g/mol. The van der Waals surface area contributed by atoms with Gasteiger partial charge >= 0.3 is 0 Å². The average molecular weight is 731 g/mol. The summed E-state index contributed by atoms with van der Waals surface area (Å²) < 4.78 is 7.63. The van der Waals surface area contributed by atoms with Crippen LogP contribution in [0.25, 0.3) is 54.5 Å². The summed E-state index contributed by atoms with van der Waals surface area (Å²) in [4.78, 5) is 10.3. The number of pyridine rings is 2. The van der Waals surface area contributed by atoms with Gasteiger partial charge < -0.3 is 14.4 Å². The molecule has 0 aliphatic rings. The largest absolute Gasteiger partial charge is 0.500 e. The maximum Gasteiger partial charge on any atom is 0.129 e. The zero-order valence-electron chi connectivity index (χ0n) is 24.0. The van der Waals surface area contributed by atoms with Crippen LogP contribution in [-0.2, 0) is 20.1 Å². The van der Waals surface area contributed by atoms with E-state index in [1.54, 1.807) is 11.3 Å². The van der Waals surface area contributed by atoms with Crippen molar-refractivity contribution in [1.29, 1.82) is 0 Å². The molecule has 7 aromatic rings. The fourth-order valence-corrected chi connectivity index (χ4v) is 5.75. The second-order valence-corrected chi connectivity index (χ2v) is 11.8. The van der Waals surface area contributed by atoms with Crippen molar-refractivity contribution in [1.82, 2.24) is 9.97 Å². The second kappa shape index (κ2) is 11.7. The molecule has 3 aromatic carbocycles. The summed E-state index contributed by atoms with van der Waals surface area (Å²) in [6, 6.07) is 27.5. The van der Waals surface area contributed by atoms with Crippen molar-refractivity contribution in [3.05, 3.63) is 118 Å². The summed E-state index contributed by atoms with van der Waals surface area (Å²) in [6.45, 7) is 12.6. The first kappa shape index (κ1) is 28.9. The Morgan fingerprint density at radius 3 is 2.02 bits per heavy atom. The van der Waals surface area contributed by atoms with Crippen molar-refractivity contribution in [2.75, 3.05) is 0 Å². The van der Waals surface area contributed by atoms with E-state index in [9.17, 15) is 0 Å². The van der Waals surface area contributed by atoms with E-state index in [0.717, 1.165) is 44.5 Å². The van der Waals surface area contributed by atoms with Crippen LogP contribution in [0.15, 0.2) is 77.5 Å². The van der Waals surface area contributed by atoms with Gasteiger partial charge in [0, 0.05) is 52.8 Å². The van der Waals surface area contributed by atoms with Crippen molar-refractivity contribution < 1.29 is 24.5 Å². The molecule has 7 rings (SSSR count). The van der Waals surface area contributed by atoms with Crippen LogP contribution in [0.4, 0.5) is 0 Å². The quantitative estimate of drug-likeness (QED) is 0.166. The Balaban J connectivity index is 0.000000182. The molecule has 0 saturated heterocycles. The summed E-state index contributed by atoms with van der Waals surface area (Å²) in [6.07, 6.45) is 3.83. The minimum Gasteiger partial charge on any atom is -0.500 e. The van der Waals surface area contributed by atoms with Crippen LogP contribution >= 0.6 is 11.3 Å². The van der Waals surface area contributed by atoms with Crippen molar-refractivity contribution in [2.24, 2.45) is 0 Å². The number of aromatic nitrogens is 2. The third-order valence-electron chi connectivity index (χ3n) is 7.46. The van der Waals surface area contributed by atoms with Crippen LogP contribution in [0, 0.1) is 53.7 Å². The van der Waals surface area contributed by atoms with Crippen LogP contribution in [0.5, 0.6) is 0 Å². The molecule has 207 valence electrons. The van der Waals surface area contributed by atoms with E-state index in [-0.39, 0.29) is 20.1 Å². The standard InChI is InChI=1S/C22H16NOS.C14H14N.Ir/c1-12-9-19(23-11-13(12)2)17-6-4-5-15-16-7-8-20-18(10-14(3)25-20)22(16)24-21(15)17;1-10-4-6-13(7-5-10)14-8-11(2)12(3)9-15-14;/h4-5,7-11H,1-3H3;4-6,8-9H,1-3H3;/q2*-1;. The van der Waals surface area contributed by atoms with Crippen LogP contribution < -0.4 is 0 Å². The zero-order valence-corrected chi connectivity index (χ0v) is 27.2. The molecule has 0 atom stereocenters. The fourth-order valence-electron chi connectivity index (χ4n) is 4.82. The van der Waals surface area contributed by atoms with Gasteiger partial charge in [0.25, 0.3) is 0 Å². The first-order valence-corrected chi connectivity index (χ1v) is 14.2.